The summed E-state index contributed by atoms with van der Waals surface area (Å²) in [4.78, 5) is 4.02. The molecule has 1 aliphatic carbocycles. The van der Waals surface area contributed by atoms with Gasteiger partial charge in [0.1, 0.15) is 25.4 Å². The molecule has 170 valence electrons. The summed E-state index contributed by atoms with van der Waals surface area (Å²) < 4.78 is 59.2. The molecule has 3 rings (SSSR count). The molecule has 6 N–H and O–H groups in total. The van der Waals surface area contributed by atoms with E-state index in [1.54, 1.807) is 4.90 Å². The van der Waals surface area contributed by atoms with Crippen molar-refractivity contribution in [2.24, 2.45) is 17.2 Å². The van der Waals surface area contributed by atoms with Crippen LogP contribution in [0, 0.1) is 5.82 Å². The van der Waals surface area contributed by atoms with Crippen molar-refractivity contribution < 1.29 is 22.3 Å². The van der Waals surface area contributed by atoms with E-state index in [1.807, 2.05) is 0 Å². The summed E-state index contributed by atoms with van der Waals surface area (Å²) >= 11 is 0. The van der Waals surface area contributed by atoms with Crippen LogP contribution in [-0.4, -0.2) is 54.5 Å². The van der Waals surface area contributed by atoms with E-state index in [-0.39, 0.29) is 17.5 Å². The van der Waals surface area contributed by atoms with Crippen molar-refractivity contribution in [1.82, 2.24) is 9.80 Å². The van der Waals surface area contributed by atoms with Gasteiger partial charge < -0.3 is 15.4 Å². The standard InChI is InChI=1S/C19H30F4N6O/c1-30-15-9-8-13(10-14(15)20)29-17(25)27(11-19(21,22)23)16(24)28(18(29)26)12-6-4-2-3-5-7-12/h8-10,12,16-18H,2-7,11,24-26H2,1H3. The van der Waals surface area contributed by atoms with Gasteiger partial charge in [-0.2, -0.15) is 13.2 Å². The summed E-state index contributed by atoms with van der Waals surface area (Å²) in [5.41, 5.74) is 19.2. The fraction of sp³-hybridized carbons (Fsp3) is 0.684. The van der Waals surface area contributed by atoms with Crippen LogP contribution in [0.25, 0.3) is 0 Å². The summed E-state index contributed by atoms with van der Waals surface area (Å²) in [5, 5.41) is 0. The first-order valence-electron chi connectivity index (χ1n) is 10.1. The Morgan fingerprint density at radius 3 is 2.17 bits per heavy atom. The van der Waals surface area contributed by atoms with E-state index in [2.05, 4.69) is 0 Å². The number of methoxy groups -OCH3 is 1. The molecule has 1 heterocycles. The lowest BCUT2D eigenvalue weighted by Crippen LogP contribution is -2.80. The first-order chi connectivity index (χ1) is 14.1. The van der Waals surface area contributed by atoms with Crippen LogP contribution in [0.2, 0.25) is 0 Å². The maximum atomic E-state index is 14.3. The van der Waals surface area contributed by atoms with Crippen LogP contribution in [0.15, 0.2) is 18.2 Å². The van der Waals surface area contributed by atoms with Crippen molar-refractivity contribution in [1.29, 1.82) is 0 Å². The molecule has 1 aliphatic heterocycles. The minimum absolute atomic E-state index is 0.0161. The van der Waals surface area contributed by atoms with E-state index in [0.717, 1.165) is 49.5 Å². The topological polar surface area (TPSA) is 97.0 Å². The van der Waals surface area contributed by atoms with Gasteiger partial charge in [-0.1, -0.05) is 25.7 Å². The van der Waals surface area contributed by atoms with Crippen molar-refractivity contribution in [3.63, 3.8) is 0 Å². The molecular formula is C19H30F4N6O. The Morgan fingerprint density at radius 1 is 1.00 bits per heavy atom. The average Bonchev–Trinajstić information content (AvgIpc) is 2.94. The summed E-state index contributed by atoms with van der Waals surface area (Å²) in [7, 11) is 1.33. The summed E-state index contributed by atoms with van der Waals surface area (Å²) in [6.07, 6.45) is -2.24. The molecule has 30 heavy (non-hydrogen) atoms. The molecule has 0 amide bonds. The molecule has 2 aliphatic rings. The van der Waals surface area contributed by atoms with Gasteiger partial charge >= 0.3 is 6.18 Å². The van der Waals surface area contributed by atoms with Gasteiger partial charge in [-0.05, 0) is 25.0 Å². The molecule has 11 heteroatoms. The molecule has 0 radical (unpaired) electrons. The lowest BCUT2D eigenvalue weighted by molar-refractivity contribution is -0.184. The molecule has 0 aromatic heterocycles. The second-order valence-electron chi connectivity index (χ2n) is 7.85. The van der Waals surface area contributed by atoms with Gasteiger partial charge in [-0.25, -0.2) is 14.2 Å². The first kappa shape index (κ1) is 23.0. The predicted molar refractivity (Wildman–Crippen MR) is 105 cm³/mol. The Morgan fingerprint density at radius 2 is 1.63 bits per heavy atom. The minimum atomic E-state index is -4.51. The van der Waals surface area contributed by atoms with Crippen LogP contribution in [0.5, 0.6) is 5.75 Å². The Balaban J connectivity index is 2.00. The molecule has 1 aromatic carbocycles. The van der Waals surface area contributed by atoms with Gasteiger partial charge in [-0.3, -0.25) is 11.5 Å². The van der Waals surface area contributed by atoms with E-state index in [9.17, 15) is 17.6 Å². The number of rotatable bonds is 4. The van der Waals surface area contributed by atoms with Crippen molar-refractivity contribution in [3.05, 3.63) is 24.0 Å². The second kappa shape index (κ2) is 9.23. The zero-order chi connectivity index (χ0) is 22.1. The molecule has 7 nitrogen and oxygen atoms in total. The highest BCUT2D eigenvalue weighted by atomic mass is 19.4. The van der Waals surface area contributed by atoms with Gasteiger partial charge in [0.2, 0.25) is 0 Å². The number of hydrogen-bond donors (Lipinski definition) is 3. The number of nitrogens with two attached hydrogens (primary N) is 3. The molecule has 3 atom stereocenters. The third kappa shape index (κ3) is 4.80. The van der Waals surface area contributed by atoms with Gasteiger partial charge in [0.05, 0.1) is 7.11 Å². The second-order valence-corrected chi connectivity index (χ2v) is 7.85. The fourth-order valence-electron chi connectivity index (χ4n) is 4.45. The van der Waals surface area contributed by atoms with Gasteiger partial charge in [0, 0.05) is 17.8 Å². The molecule has 3 unspecified atom stereocenters. The Hall–Kier alpha value is -1.66. The molecule has 2 fully saturated rings. The van der Waals surface area contributed by atoms with E-state index >= 15 is 0 Å². The molecule has 0 bridgehead atoms. The summed E-state index contributed by atoms with van der Waals surface area (Å²) in [6, 6.07) is 3.98. The van der Waals surface area contributed by atoms with Crippen LogP contribution in [0.4, 0.5) is 23.2 Å². The number of halogens is 4. The van der Waals surface area contributed by atoms with Gasteiger partial charge in [-0.15, -0.1) is 0 Å². The lowest BCUT2D eigenvalue weighted by Gasteiger charge is -2.57. The number of nitrogens with zero attached hydrogens (tertiary/aromatic N) is 3. The fourth-order valence-corrected chi connectivity index (χ4v) is 4.45. The largest absolute Gasteiger partial charge is 0.494 e. The van der Waals surface area contributed by atoms with Gasteiger partial charge in [0.15, 0.2) is 11.6 Å². The Bertz CT molecular complexity index is 713. The highest BCUT2D eigenvalue weighted by molar-refractivity contribution is 5.51. The zero-order valence-electron chi connectivity index (χ0n) is 17.0. The van der Waals surface area contributed by atoms with E-state index in [1.165, 1.54) is 24.1 Å². The average molecular weight is 434 g/mol. The Kier molecular flexibility index (Phi) is 7.08. The maximum Gasteiger partial charge on any atom is 0.401 e. The normalized spacial score (nSPS) is 27.9. The highest BCUT2D eigenvalue weighted by Gasteiger charge is 2.48. The smallest absolute Gasteiger partial charge is 0.401 e. The Labute approximate surface area is 173 Å². The van der Waals surface area contributed by atoms with Crippen molar-refractivity contribution in [3.8, 4) is 5.75 Å². The molecular weight excluding hydrogens is 404 g/mol. The minimum Gasteiger partial charge on any atom is -0.494 e. The van der Waals surface area contributed by atoms with E-state index < -0.39 is 37.4 Å². The van der Waals surface area contributed by atoms with Crippen molar-refractivity contribution >= 4 is 5.69 Å². The third-order valence-electron chi connectivity index (χ3n) is 5.90. The maximum absolute atomic E-state index is 14.3. The quantitative estimate of drug-likeness (QED) is 0.494. The van der Waals surface area contributed by atoms with Crippen molar-refractivity contribution in [2.45, 2.75) is 69.6 Å². The third-order valence-corrected chi connectivity index (χ3v) is 5.90. The molecule has 1 aromatic rings. The molecule has 1 saturated carbocycles. The van der Waals surface area contributed by atoms with Crippen LogP contribution in [0.1, 0.15) is 38.5 Å². The summed E-state index contributed by atoms with van der Waals surface area (Å²) in [5.74, 6) is -0.643. The number of ether oxygens (including phenoxy) is 1. The number of anilines is 1. The van der Waals surface area contributed by atoms with Crippen LogP contribution in [-0.2, 0) is 0 Å². The first-order valence-corrected chi connectivity index (χ1v) is 10.1. The molecule has 0 spiro atoms. The summed E-state index contributed by atoms with van der Waals surface area (Å²) in [6.45, 7) is -1.31. The van der Waals surface area contributed by atoms with Crippen LogP contribution in [0.3, 0.4) is 0 Å². The van der Waals surface area contributed by atoms with E-state index in [0.29, 0.717) is 0 Å². The number of alkyl halides is 3. The van der Waals surface area contributed by atoms with Crippen molar-refractivity contribution in [2.75, 3.05) is 18.6 Å². The highest BCUT2D eigenvalue weighted by Crippen LogP contribution is 2.34. The zero-order valence-corrected chi connectivity index (χ0v) is 17.0. The van der Waals surface area contributed by atoms with E-state index in [4.69, 9.17) is 21.9 Å². The lowest BCUT2D eigenvalue weighted by atomic mass is 10.1. The molecule has 1 saturated heterocycles. The predicted octanol–water partition coefficient (Wildman–Crippen LogP) is 2.27. The number of benzene rings is 1. The van der Waals surface area contributed by atoms with Gasteiger partial charge in [0.25, 0.3) is 0 Å². The van der Waals surface area contributed by atoms with Crippen LogP contribution < -0.4 is 26.8 Å². The SMILES string of the molecule is COc1ccc(N2C(N)N(CC(F)(F)F)C(N)N(C3CCCCCC3)C2N)cc1F. The monoisotopic (exact) mass is 434 g/mol. The number of hydrogen-bond acceptors (Lipinski definition) is 7. The van der Waals surface area contributed by atoms with Crippen LogP contribution >= 0.6 is 0 Å².